The number of rotatable bonds is 5. The third-order valence-corrected chi connectivity index (χ3v) is 4.80. The highest BCUT2D eigenvalue weighted by molar-refractivity contribution is 5.46. The van der Waals surface area contributed by atoms with Crippen LogP contribution >= 0.6 is 0 Å². The molecule has 22 heavy (non-hydrogen) atoms. The molecule has 1 saturated heterocycles. The van der Waals surface area contributed by atoms with Gasteiger partial charge in [-0.25, -0.2) is 0 Å². The number of ether oxygens (including phenoxy) is 3. The molecule has 0 radical (unpaired) electrons. The molecule has 2 N–H and O–H groups in total. The molecule has 1 unspecified atom stereocenters. The molecule has 1 fully saturated rings. The average molecular weight is 308 g/mol. The summed E-state index contributed by atoms with van der Waals surface area (Å²) >= 11 is 0. The maximum Gasteiger partial charge on any atom is 0.231 e. The van der Waals surface area contributed by atoms with Crippen molar-refractivity contribution < 1.29 is 24.2 Å². The van der Waals surface area contributed by atoms with Gasteiger partial charge < -0.3 is 24.2 Å². The number of quaternary nitrogens is 1. The Hall–Kier alpha value is -1.46. The fraction of sp³-hybridized carbons (Fsp3) is 0.647. The Morgan fingerprint density at radius 3 is 2.73 bits per heavy atom. The highest BCUT2D eigenvalue weighted by Crippen LogP contribution is 2.35. The Kier molecular flexibility index (Phi) is 4.74. The van der Waals surface area contributed by atoms with Crippen molar-refractivity contribution in [3.05, 3.63) is 18.2 Å². The second kappa shape index (κ2) is 6.75. The van der Waals surface area contributed by atoms with E-state index in [-0.39, 0.29) is 6.79 Å². The molecule has 0 amide bonds. The summed E-state index contributed by atoms with van der Waals surface area (Å²) in [5, 5.41) is 10.3. The lowest BCUT2D eigenvalue weighted by atomic mass is 9.97. The number of likely N-dealkylation sites (tertiary alicyclic amines) is 1. The van der Waals surface area contributed by atoms with E-state index < -0.39 is 6.10 Å². The summed E-state index contributed by atoms with van der Waals surface area (Å²) in [6.07, 6.45) is 3.34. The number of aliphatic hydroxyl groups excluding tert-OH is 1. The molecule has 2 aliphatic heterocycles. The molecule has 4 atom stereocenters. The maximum absolute atomic E-state index is 10.3. The lowest BCUT2D eigenvalue weighted by Crippen LogP contribution is -3.20. The third kappa shape index (κ3) is 3.47. The third-order valence-electron chi connectivity index (χ3n) is 4.80. The fourth-order valence-corrected chi connectivity index (χ4v) is 3.48. The van der Waals surface area contributed by atoms with Gasteiger partial charge in [0.25, 0.3) is 0 Å². The van der Waals surface area contributed by atoms with Crippen LogP contribution in [0.25, 0.3) is 0 Å². The molecule has 1 aromatic carbocycles. The molecule has 2 heterocycles. The van der Waals surface area contributed by atoms with Crippen molar-refractivity contribution in [3.63, 3.8) is 0 Å². The van der Waals surface area contributed by atoms with E-state index in [1.807, 2.05) is 18.2 Å². The lowest BCUT2D eigenvalue weighted by Gasteiger charge is -2.36. The van der Waals surface area contributed by atoms with Crippen LogP contribution in [-0.2, 0) is 0 Å². The van der Waals surface area contributed by atoms with Crippen LogP contribution in [-0.4, -0.2) is 43.2 Å². The van der Waals surface area contributed by atoms with Crippen LogP contribution in [0.2, 0.25) is 0 Å². The van der Waals surface area contributed by atoms with Gasteiger partial charge in [0, 0.05) is 6.07 Å². The van der Waals surface area contributed by atoms with E-state index in [4.69, 9.17) is 14.2 Å². The summed E-state index contributed by atoms with van der Waals surface area (Å²) in [5.41, 5.74) is 0. The number of nitrogens with one attached hydrogen (secondary N) is 1. The van der Waals surface area contributed by atoms with Gasteiger partial charge in [0.1, 0.15) is 25.0 Å². The summed E-state index contributed by atoms with van der Waals surface area (Å²) in [6, 6.07) is 6.73. The van der Waals surface area contributed by atoms with Gasteiger partial charge in [0.15, 0.2) is 11.5 Å². The predicted molar refractivity (Wildman–Crippen MR) is 82.7 cm³/mol. The molecule has 5 heteroatoms. The zero-order valence-corrected chi connectivity index (χ0v) is 13.4. The largest absolute Gasteiger partial charge is 0.491 e. The Labute approximate surface area is 131 Å². The first-order chi connectivity index (χ1) is 10.6. The number of aliphatic hydroxyl groups is 1. The first-order valence-electron chi connectivity index (χ1n) is 8.19. The van der Waals surface area contributed by atoms with Crippen molar-refractivity contribution in [1.29, 1.82) is 0 Å². The fourth-order valence-electron chi connectivity index (χ4n) is 3.48. The Morgan fingerprint density at radius 2 is 1.95 bits per heavy atom. The molecule has 0 aromatic heterocycles. The van der Waals surface area contributed by atoms with Gasteiger partial charge in [-0.1, -0.05) is 0 Å². The number of hydrogen-bond donors (Lipinski definition) is 2. The van der Waals surface area contributed by atoms with E-state index in [1.165, 1.54) is 24.2 Å². The van der Waals surface area contributed by atoms with E-state index in [9.17, 15) is 5.11 Å². The smallest absolute Gasteiger partial charge is 0.231 e. The van der Waals surface area contributed by atoms with E-state index >= 15 is 0 Å². The van der Waals surface area contributed by atoms with Crippen molar-refractivity contribution in [2.75, 3.05) is 19.9 Å². The van der Waals surface area contributed by atoms with Crippen molar-refractivity contribution in [2.45, 2.75) is 51.3 Å². The molecular weight excluding hydrogens is 282 g/mol. The van der Waals surface area contributed by atoms with Crippen molar-refractivity contribution in [3.8, 4) is 17.2 Å². The van der Waals surface area contributed by atoms with Gasteiger partial charge in [-0.15, -0.1) is 0 Å². The molecule has 0 spiro atoms. The Morgan fingerprint density at radius 1 is 1.23 bits per heavy atom. The highest BCUT2D eigenvalue weighted by Gasteiger charge is 2.30. The molecule has 0 saturated carbocycles. The SMILES string of the molecule is C[C@@H]1CCC[C@H](C)[NH+]1C[C@H](O)COc1ccc2c(c1)OCO2. The van der Waals surface area contributed by atoms with Crippen LogP contribution in [0.4, 0.5) is 0 Å². The molecule has 0 aliphatic carbocycles. The minimum Gasteiger partial charge on any atom is -0.491 e. The van der Waals surface area contributed by atoms with Gasteiger partial charge in [0.05, 0.1) is 12.1 Å². The lowest BCUT2D eigenvalue weighted by molar-refractivity contribution is -0.954. The van der Waals surface area contributed by atoms with E-state index in [2.05, 4.69) is 13.8 Å². The van der Waals surface area contributed by atoms with E-state index in [0.29, 0.717) is 30.2 Å². The summed E-state index contributed by atoms with van der Waals surface area (Å²) in [7, 11) is 0. The summed E-state index contributed by atoms with van der Waals surface area (Å²) in [5.74, 6) is 2.15. The predicted octanol–water partition coefficient (Wildman–Crippen LogP) is 1.00. The number of benzene rings is 1. The van der Waals surface area contributed by atoms with Gasteiger partial charge in [-0.05, 0) is 45.2 Å². The topological polar surface area (TPSA) is 52.4 Å². The number of piperidine rings is 1. The zero-order chi connectivity index (χ0) is 15.5. The number of hydrogen-bond acceptors (Lipinski definition) is 4. The Bertz CT molecular complexity index is 497. The monoisotopic (exact) mass is 308 g/mol. The Balaban J connectivity index is 1.50. The summed E-state index contributed by atoms with van der Waals surface area (Å²) in [4.78, 5) is 1.49. The van der Waals surface area contributed by atoms with Gasteiger partial charge in [-0.2, -0.15) is 0 Å². The molecule has 122 valence electrons. The van der Waals surface area contributed by atoms with Gasteiger partial charge in [0.2, 0.25) is 6.79 Å². The summed E-state index contributed by atoms with van der Waals surface area (Å²) in [6.45, 7) is 5.86. The van der Waals surface area contributed by atoms with Crippen LogP contribution in [0.3, 0.4) is 0 Å². The number of fused-ring (bicyclic) bond motifs is 1. The zero-order valence-electron chi connectivity index (χ0n) is 13.4. The van der Waals surface area contributed by atoms with Gasteiger partial charge in [-0.3, -0.25) is 0 Å². The molecule has 5 nitrogen and oxygen atoms in total. The quantitative estimate of drug-likeness (QED) is 0.852. The van der Waals surface area contributed by atoms with Crippen LogP contribution < -0.4 is 19.1 Å². The highest BCUT2D eigenvalue weighted by atomic mass is 16.7. The van der Waals surface area contributed by atoms with Crippen LogP contribution in [0.15, 0.2) is 18.2 Å². The normalized spacial score (nSPS) is 28.4. The van der Waals surface area contributed by atoms with Crippen LogP contribution in [0.1, 0.15) is 33.1 Å². The second-order valence-electron chi connectivity index (χ2n) is 6.49. The minimum atomic E-state index is -0.455. The minimum absolute atomic E-state index is 0.259. The van der Waals surface area contributed by atoms with Crippen molar-refractivity contribution in [1.82, 2.24) is 0 Å². The van der Waals surface area contributed by atoms with E-state index in [0.717, 1.165) is 12.3 Å². The van der Waals surface area contributed by atoms with Crippen molar-refractivity contribution in [2.24, 2.45) is 0 Å². The molecule has 0 bridgehead atoms. The first kappa shape index (κ1) is 15.4. The standard InChI is InChI=1S/C17H25NO4/c1-12-4-3-5-13(2)18(12)9-14(19)10-20-15-6-7-16-17(8-15)22-11-21-16/h6-8,12-14,19H,3-5,9-11H2,1-2H3/p+1/t12-,13+,14-/m0/s1. The average Bonchev–Trinajstić information content (AvgIpc) is 2.96. The summed E-state index contributed by atoms with van der Waals surface area (Å²) < 4.78 is 16.3. The molecule has 3 rings (SSSR count). The van der Waals surface area contributed by atoms with E-state index in [1.54, 1.807) is 0 Å². The molecule has 2 aliphatic rings. The second-order valence-corrected chi connectivity index (χ2v) is 6.49. The molecular formula is C17H26NO4+. The maximum atomic E-state index is 10.3. The first-order valence-corrected chi connectivity index (χ1v) is 8.19. The van der Waals surface area contributed by atoms with Crippen LogP contribution in [0, 0.1) is 0 Å². The van der Waals surface area contributed by atoms with Crippen LogP contribution in [0.5, 0.6) is 17.2 Å². The van der Waals surface area contributed by atoms with Crippen molar-refractivity contribution >= 4 is 0 Å². The van der Waals surface area contributed by atoms with Gasteiger partial charge >= 0.3 is 0 Å². The molecule has 1 aromatic rings.